The fourth-order valence-corrected chi connectivity index (χ4v) is 4.44. The molecule has 1 atom stereocenters. The summed E-state index contributed by atoms with van der Waals surface area (Å²) in [6, 6.07) is 12.6. The quantitative estimate of drug-likeness (QED) is 0.301. The summed E-state index contributed by atoms with van der Waals surface area (Å²) in [6.45, 7) is 11.2. The molecule has 1 amide bonds. The van der Waals surface area contributed by atoms with Crippen molar-refractivity contribution in [1.82, 2.24) is 4.90 Å². The fraction of sp³-hybridized carbons (Fsp3) is 0.448. The van der Waals surface area contributed by atoms with Crippen molar-refractivity contribution < 1.29 is 19.4 Å². The number of likely N-dealkylation sites (tertiary alicyclic amines) is 1. The maximum Gasteiger partial charge on any atom is 0.295 e. The highest BCUT2D eigenvalue weighted by molar-refractivity contribution is 6.46. The van der Waals surface area contributed by atoms with E-state index in [0.717, 1.165) is 35.4 Å². The van der Waals surface area contributed by atoms with Gasteiger partial charge < -0.3 is 19.6 Å². The molecule has 6 nitrogen and oxygen atoms in total. The smallest absolute Gasteiger partial charge is 0.295 e. The first-order valence-corrected chi connectivity index (χ1v) is 12.3. The van der Waals surface area contributed by atoms with Crippen LogP contribution in [0.3, 0.4) is 0 Å². The minimum absolute atomic E-state index is 0.132. The molecule has 1 unspecified atom stereocenters. The Labute approximate surface area is 209 Å². The highest BCUT2D eigenvalue weighted by atomic mass is 16.5. The molecule has 1 heterocycles. The van der Waals surface area contributed by atoms with Gasteiger partial charge in [0, 0.05) is 37.5 Å². The molecule has 35 heavy (non-hydrogen) atoms. The van der Waals surface area contributed by atoms with Crippen molar-refractivity contribution in [2.75, 3.05) is 32.1 Å². The van der Waals surface area contributed by atoms with E-state index in [1.807, 2.05) is 69.2 Å². The summed E-state index contributed by atoms with van der Waals surface area (Å²) in [6.07, 6.45) is 1.67. The van der Waals surface area contributed by atoms with Crippen LogP contribution in [0.15, 0.2) is 48.0 Å². The largest absolute Gasteiger partial charge is 0.507 e. The molecule has 1 aliphatic rings. The molecule has 0 radical (unpaired) electrons. The number of Topliss-reactive ketones (excluding diaryl/α,β-unsaturated/α-hetero) is 1. The number of aliphatic hydroxyl groups is 1. The van der Waals surface area contributed by atoms with Gasteiger partial charge >= 0.3 is 0 Å². The number of nitrogens with zero attached hydrogens (tertiary/aromatic N) is 2. The van der Waals surface area contributed by atoms with E-state index >= 15 is 0 Å². The second kappa shape index (κ2) is 10.5. The Morgan fingerprint density at radius 3 is 2.26 bits per heavy atom. The zero-order chi connectivity index (χ0) is 25.9. The predicted octanol–water partition coefficient (Wildman–Crippen LogP) is 5.67. The van der Waals surface area contributed by atoms with Crippen LogP contribution in [0.1, 0.15) is 70.2 Å². The number of hydrogen-bond donors (Lipinski definition) is 1. The number of benzene rings is 2. The molecular formula is C29H38N2O4. The van der Waals surface area contributed by atoms with Gasteiger partial charge in [-0.1, -0.05) is 46.2 Å². The van der Waals surface area contributed by atoms with Gasteiger partial charge in [-0.05, 0) is 54.7 Å². The lowest BCUT2D eigenvalue weighted by molar-refractivity contribution is -0.139. The van der Waals surface area contributed by atoms with Gasteiger partial charge in [-0.3, -0.25) is 9.59 Å². The van der Waals surface area contributed by atoms with Gasteiger partial charge in [-0.2, -0.15) is 0 Å². The van der Waals surface area contributed by atoms with E-state index in [2.05, 4.69) is 20.8 Å². The average Bonchev–Trinajstić information content (AvgIpc) is 3.06. The Bertz CT molecular complexity index is 1110. The van der Waals surface area contributed by atoms with Gasteiger partial charge in [0.15, 0.2) is 0 Å². The van der Waals surface area contributed by atoms with E-state index in [4.69, 9.17) is 4.74 Å². The minimum Gasteiger partial charge on any atom is -0.507 e. The van der Waals surface area contributed by atoms with Crippen LogP contribution in [0.4, 0.5) is 5.69 Å². The first-order valence-electron chi connectivity index (χ1n) is 12.3. The Balaban J connectivity index is 2.19. The van der Waals surface area contributed by atoms with E-state index in [1.165, 1.54) is 0 Å². The average molecular weight is 479 g/mol. The normalized spacial score (nSPS) is 17.7. The number of aliphatic hydroxyl groups excluding tert-OH is 1. The highest BCUT2D eigenvalue weighted by Crippen LogP contribution is 2.41. The standard InChI is InChI=1S/C29H38N2O4/c1-8-10-17-31-25(19-11-14-21(15-12-19)30(6)7)24(27(33)28(31)34)26(32)20-13-16-23(35-9-2)22(18-20)29(3,4)5/h11-16,18,25,32H,8-10,17H2,1-7H3/b26-24-. The number of unbranched alkanes of at least 4 members (excludes halogenated alkanes) is 1. The van der Waals surface area contributed by atoms with Gasteiger partial charge in [0.1, 0.15) is 11.5 Å². The second-order valence-corrected chi connectivity index (χ2v) is 10.2. The SMILES string of the molecule is CCCCN1C(=O)C(=O)/C(=C(\O)c2ccc(OCC)c(C(C)(C)C)c2)C1c1ccc(N(C)C)cc1. The van der Waals surface area contributed by atoms with Crippen molar-refractivity contribution in [2.45, 2.75) is 58.9 Å². The molecule has 1 saturated heterocycles. The van der Waals surface area contributed by atoms with Crippen LogP contribution < -0.4 is 9.64 Å². The number of anilines is 1. The number of ether oxygens (including phenoxy) is 1. The Morgan fingerprint density at radius 2 is 1.71 bits per heavy atom. The molecule has 0 aliphatic carbocycles. The second-order valence-electron chi connectivity index (χ2n) is 10.2. The molecule has 1 N–H and O–H groups in total. The lowest BCUT2D eigenvalue weighted by Crippen LogP contribution is -2.30. The summed E-state index contributed by atoms with van der Waals surface area (Å²) >= 11 is 0. The first-order chi connectivity index (χ1) is 16.5. The van der Waals surface area contributed by atoms with Crippen LogP contribution in [-0.2, 0) is 15.0 Å². The molecule has 188 valence electrons. The van der Waals surface area contributed by atoms with Gasteiger partial charge in [0.25, 0.3) is 11.7 Å². The molecule has 2 aromatic carbocycles. The molecule has 2 aromatic rings. The lowest BCUT2D eigenvalue weighted by Gasteiger charge is -2.26. The maximum atomic E-state index is 13.3. The van der Waals surface area contributed by atoms with Crippen LogP contribution in [0.5, 0.6) is 5.75 Å². The molecule has 0 bridgehead atoms. The van der Waals surface area contributed by atoms with Crippen molar-refractivity contribution in [3.8, 4) is 5.75 Å². The van der Waals surface area contributed by atoms with Crippen molar-refractivity contribution in [2.24, 2.45) is 0 Å². The van der Waals surface area contributed by atoms with E-state index in [1.54, 1.807) is 11.0 Å². The van der Waals surface area contributed by atoms with Crippen molar-refractivity contribution in [3.05, 3.63) is 64.7 Å². The molecule has 1 aliphatic heterocycles. The third kappa shape index (κ3) is 5.37. The van der Waals surface area contributed by atoms with E-state index in [0.29, 0.717) is 18.7 Å². The zero-order valence-corrected chi connectivity index (χ0v) is 22.0. The number of carbonyl (C=O) groups excluding carboxylic acids is 2. The van der Waals surface area contributed by atoms with Crippen LogP contribution >= 0.6 is 0 Å². The van der Waals surface area contributed by atoms with E-state index in [9.17, 15) is 14.7 Å². The minimum atomic E-state index is -0.647. The maximum absolute atomic E-state index is 13.3. The summed E-state index contributed by atoms with van der Waals surface area (Å²) in [5.74, 6) is -0.622. The highest BCUT2D eigenvalue weighted by Gasteiger charge is 2.45. The molecular weight excluding hydrogens is 440 g/mol. The lowest BCUT2D eigenvalue weighted by atomic mass is 9.84. The van der Waals surface area contributed by atoms with Gasteiger partial charge in [0.2, 0.25) is 0 Å². The third-order valence-electron chi connectivity index (χ3n) is 6.38. The first kappa shape index (κ1) is 26.3. The molecule has 0 spiro atoms. The summed E-state index contributed by atoms with van der Waals surface area (Å²) in [5, 5.41) is 11.5. The molecule has 3 rings (SSSR count). The van der Waals surface area contributed by atoms with Crippen LogP contribution in [0.2, 0.25) is 0 Å². The summed E-state index contributed by atoms with van der Waals surface area (Å²) in [5.41, 5.74) is 3.13. The fourth-order valence-electron chi connectivity index (χ4n) is 4.44. The third-order valence-corrected chi connectivity index (χ3v) is 6.38. The van der Waals surface area contributed by atoms with Gasteiger partial charge in [-0.25, -0.2) is 0 Å². The number of rotatable bonds is 8. The van der Waals surface area contributed by atoms with E-state index < -0.39 is 17.7 Å². The predicted molar refractivity (Wildman–Crippen MR) is 141 cm³/mol. The van der Waals surface area contributed by atoms with Gasteiger partial charge in [0.05, 0.1) is 18.2 Å². The van der Waals surface area contributed by atoms with Crippen LogP contribution in [-0.4, -0.2) is 48.9 Å². The van der Waals surface area contributed by atoms with Crippen molar-refractivity contribution in [1.29, 1.82) is 0 Å². The topological polar surface area (TPSA) is 70.1 Å². The molecule has 6 heteroatoms. The molecule has 0 aromatic heterocycles. The number of hydrogen-bond acceptors (Lipinski definition) is 5. The molecule has 1 fully saturated rings. The molecule has 0 saturated carbocycles. The monoisotopic (exact) mass is 478 g/mol. The number of amides is 1. The Hall–Kier alpha value is -3.28. The van der Waals surface area contributed by atoms with Crippen molar-refractivity contribution >= 4 is 23.1 Å². The summed E-state index contributed by atoms with van der Waals surface area (Å²) < 4.78 is 5.81. The van der Waals surface area contributed by atoms with E-state index in [-0.39, 0.29) is 16.7 Å². The van der Waals surface area contributed by atoms with Crippen molar-refractivity contribution in [3.63, 3.8) is 0 Å². The van der Waals surface area contributed by atoms with Gasteiger partial charge in [-0.15, -0.1) is 0 Å². The Kier molecular flexibility index (Phi) is 7.93. The van der Waals surface area contributed by atoms with Crippen LogP contribution in [0.25, 0.3) is 5.76 Å². The van der Waals surface area contributed by atoms with Crippen LogP contribution in [0, 0.1) is 0 Å². The summed E-state index contributed by atoms with van der Waals surface area (Å²) in [4.78, 5) is 29.9. The number of ketones is 1. The Morgan fingerprint density at radius 1 is 1.06 bits per heavy atom. The summed E-state index contributed by atoms with van der Waals surface area (Å²) in [7, 11) is 3.92. The zero-order valence-electron chi connectivity index (χ0n) is 22.0. The number of carbonyl (C=O) groups is 2.